The van der Waals surface area contributed by atoms with E-state index in [2.05, 4.69) is 15.0 Å². The molecule has 32 heavy (non-hydrogen) atoms. The minimum atomic E-state index is -4.51. The Bertz CT molecular complexity index is 1100. The van der Waals surface area contributed by atoms with Crippen molar-refractivity contribution in [3.8, 4) is 5.75 Å². The Morgan fingerprint density at radius 1 is 1.28 bits per heavy atom. The van der Waals surface area contributed by atoms with Gasteiger partial charge in [-0.05, 0) is 49.6 Å². The van der Waals surface area contributed by atoms with Gasteiger partial charge in [-0.3, -0.25) is 4.90 Å². The number of fused-ring (bicyclic) bond motifs is 1. The minimum Gasteiger partial charge on any atom is -0.496 e. The summed E-state index contributed by atoms with van der Waals surface area (Å²) in [5.74, 6) is 0.441. The lowest BCUT2D eigenvalue weighted by Gasteiger charge is -2.32. The molecule has 172 valence electrons. The van der Waals surface area contributed by atoms with Gasteiger partial charge in [-0.15, -0.1) is 0 Å². The zero-order valence-corrected chi connectivity index (χ0v) is 18.1. The van der Waals surface area contributed by atoms with Crippen molar-refractivity contribution in [3.05, 3.63) is 52.3 Å². The van der Waals surface area contributed by atoms with Crippen LogP contribution in [0.3, 0.4) is 0 Å². The normalized spacial score (nSPS) is 17.8. The molecule has 1 aliphatic heterocycles. The number of aryl methyl sites for hydroxylation is 1. The highest BCUT2D eigenvalue weighted by atomic mass is 19.4. The molecule has 1 N–H and O–H groups in total. The average molecular weight is 449 g/mol. The number of hydrogen-bond donors (Lipinski definition) is 1. The highest BCUT2D eigenvalue weighted by molar-refractivity contribution is 5.81. The molecule has 0 saturated carbocycles. The standard InChI is InChI=1S/C23H26F3N3O3/c1-3-17-10-18(23(24,25)26)20-21(28-32-22(20)27-17)15-5-4-8-29(12-15)11-14-6-7-19(31-2)16(9-14)13-30/h6-7,9-10,15,30H,3-5,8,11-13H2,1-2H3/t15-/m1/s1. The van der Waals surface area contributed by atoms with Gasteiger partial charge < -0.3 is 14.4 Å². The molecule has 4 rings (SSSR count). The van der Waals surface area contributed by atoms with E-state index in [0.29, 0.717) is 42.2 Å². The van der Waals surface area contributed by atoms with Gasteiger partial charge in [0.1, 0.15) is 5.75 Å². The zero-order valence-electron chi connectivity index (χ0n) is 18.1. The molecule has 0 bridgehead atoms. The minimum absolute atomic E-state index is 0.0198. The van der Waals surface area contributed by atoms with Crippen LogP contribution in [0.2, 0.25) is 0 Å². The lowest BCUT2D eigenvalue weighted by molar-refractivity contribution is -0.136. The van der Waals surface area contributed by atoms with Crippen LogP contribution < -0.4 is 4.74 Å². The third kappa shape index (κ3) is 4.45. The summed E-state index contributed by atoms with van der Waals surface area (Å²) in [5.41, 5.74) is 1.59. The number of halogens is 3. The maximum Gasteiger partial charge on any atom is 0.417 e. The lowest BCUT2D eigenvalue weighted by Crippen LogP contribution is -2.34. The van der Waals surface area contributed by atoms with Crippen LogP contribution in [0.15, 0.2) is 28.8 Å². The van der Waals surface area contributed by atoms with Gasteiger partial charge in [-0.1, -0.05) is 18.1 Å². The molecule has 1 atom stereocenters. The Balaban J connectivity index is 1.61. The van der Waals surface area contributed by atoms with Crippen LogP contribution in [0.5, 0.6) is 5.75 Å². The van der Waals surface area contributed by atoms with Gasteiger partial charge in [0.25, 0.3) is 5.71 Å². The molecule has 1 aliphatic rings. The van der Waals surface area contributed by atoms with Crippen LogP contribution >= 0.6 is 0 Å². The lowest BCUT2D eigenvalue weighted by atomic mass is 9.91. The third-order valence-electron chi connectivity index (χ3n) is 6.01. The summed E-state index contributed by atoms with van der Waals surface area (Å²) in [6.07, 6.45) is -2.56. The van der Waals surface area contributed by atoms with E-state index in [1.165, 1.54) is 0 Å². The summed E-state index contributed by atoms with van der Waals surface area (Å²) in [4.78, 5) is 6.42. The maximum atomic E-state index is 13.8. The molecule has 0 aliphatic carbocycles. The van der Waals surface area contributed by atoms with E-state index in [1.807, 2.05) is 18.2 Å². The molecule has 3 heterocycles. The van der Waals surface area contributed by atoms with Crippen LogP contribution in [0, 0.1) is 0 Å². The molecule has 0 unspecified atom stereocenters. The number of alkyl halides is 3. The van der Waals surface area contributed by atoms with Crippen LogP contribution in [0.1, 0.15) is 53.8 Å². The van der Waals surface area contributed by atoms with Gasteiger partial charge in [0.2, 0.25) is 0 Å². The summed E-state index contributed by atoms with van der Waals surface area (Å²) in [6.45, 7) is 3.64. The summed E-state index contributed by atoms with van der Waals surface area (Å²) >= 11 is 0. The maximum absolute atomic E-state index is 13.8. The predicted octanol–water partition coefficient (Wildman–Crippen LogP) is 4.68. The van der Waals surface area contributed by atoms with Crippen molar-refractivity contribution in [3.63, 3.8) is 0 Å². The fourth-order valence-electron chi connectivity index (χ4n) is 4.44. The van der Waals surface area contributed by atoms with Gasteiger partial charge in [0.05, 0.1) is 30.4 Å². The summed E-state index contributed by atoms with van der Waals surface area (Å²) in [6, 6.07) is 6.76. The number of aromatic nitrogens is 2. The first kappa shape index (κ1) is 22.5. The Kier molecular flexibility index (Phi) is 6.39. The first-order chi connectivity index (χ1) is 15.3. The fraction of sp³-hybridized carbons (Fsp3) is 0.478. The van der Waals surface area contributed by atoms with E-state index >= 15 is 0 Å². The van der Waals surface area contributed by atoms with Crippen LogP contribution in [0.25, 0.3) is 11.1 Å². The van der Waals surface area contributed by atoms with Crippen molar-refractivity contribution in [1.82, 2.24) is 15.0 Å². The molecule has 3 aromatic rings. The van der Waals surface area contributed by atoms with E-state index < -0.39 is 11.7 Å². The monoisotopic (exact) mass is 449 g/mol. The quantitative estimate of drug-likeness (QED) is 0.589. The molecule has 1 fully saturated rings. The second kappa shape index (κ2) is 9.07. The van der Waals surface area contributed by atoms with Crippen LogP contribution in [-0.4, -0.2) is 40.3 Å². The van der Waals surface area contributed by atoms with Crippen molar-refractivity contribution >= 4 is 11.1 Å². The molecule has 1 saturated heterocycles. The number of ether oxygens (including phenoxy) is 1. The number of nitrogens with zero attached hydrogens (tertiary/aromatic N) is 3. The Morgan fingerprint density at radius 3 is 2.78 bits per heavy atom. The summed E-state index contributed by atoms with van der Waals surface area (Å²) in [5, 5.41) is 13.6. The molecule has 1 aromatic carbocycles. The number of piperidine rings is 1. The summed E-state index contributed by atoms with van der Waals surface area (Å²) in [7, 11) is 1.55. The number of pyridine rings is 1. The van der Waals surface area contributed by atoms with E-state index in [9.17, 15) is 18.3 Å². The smallest absolute Gasteiger partial charge is 0.417 e. The van der Waals surface area contributed by atoms with Crippen molar-refractivity contribution in [1.29, 1.82) is 0 Å². The average Bonchev–Trinajstić information content (AvgIpc) is 3.21. The fourth-order valence-corrected chi connectivity index (χ4v) is 4.44. The van der Waals surface area contributed by atoms with Crippen LogP contribution in [0.4, 0.5) is 13.2 Å². The van der Waals surface area contributed by atoms with Crippen molar-refractivity contribution in [2.75, 3.05) is 20.2 Å². The van der Waals surface area contributed by atoms with Crippen LogP contribution in [-0.2, 0) is 25.7 Å². The van der Waals surface area contributed by atoms with Crippen molar-refractivity contribution < 1.29 is 27.5 Å². The number of aliphatic hydroxyl groups is 1. The first-order valence-electron chi connectivity index (χ1n) is 10.7. The molecular formula is C23H26F3N3O3. The van der Waals surface area contributed by atoms with E-state index in [4.69, 9.17) is 9.26 Å². The van der Waals surface area contributed by atoms with Gasteiger partial charge in [0.15, 0.2) is 0 Å². The molecule has 6 nitrogen and oxygen atoms in total. The molecular weight excluding hydrogens is 423 g/mol. The highest BCUT2D eigenvalue weighted by Gasteiger charge is 2.38. The van der Waals surface area contributed by atoms with Gasteiger partial charge in [-0.2, -0.15) is 13.2 Å². The van der Waals surface area contributed by atoms with E-state index in [-0.39, 0.29) is 23.6 Å². The molecule has 0 spiro atoms. The van der Waals surface area contributed by atoms with E-state index in [1.54, 1.807) is 14.0 Å². The molecule has 0 amide bonds. The number of rotatable bonds is 6. The third-order valence-corrected chi connectivity index (χ3v) is 6.01. The number of hydrogen-bond acceptors (Lipinski definition) is 6. The largest absolute Gasteiger partial charge is 0.496 e. The molecule has 9 heteroatoms. The zero-order chi connectivity index (χ0) is 22.9. The van der Waals surface area contributed by atoms with Crippen molar-refractivity contribution in [2.45, 2.75) is 51.4 Å². The SMILES string of the molecule is CCc1cc(C(F)(F)F)c2c([C@@H]3CCCN(Cc4ccc(OC)c(CO)c4)C3)noc2n1. The molecule has 0 radical (unpaired) electrons. The molecule has 2 aromatic heterocycles. The predicted molar refractivity (Wildman–Crippen MR) is 112 cm³/mol. The summed E-state index contributed by atoms with van der Waals surface area (Å²) < 4.78 is 52.0. The number of aliphatic hydroxyl groups excluding tert-OH is 1. The highest BCUT2D eigenvalue weighted by Crippen LogP contribution is 2.40. The van der Waals surface area contributed by atoms with Gasteiger partial charge in [0, 0.05) is 30.3 Å². The Labute approximate surface area is 184 Å². The Morgan fingerprint density at radius 2 is 2.09 bits per heavy atom. The second-order valence-corrected chi connectivity index (χ2v) is 8.14. The van der Waals surface area contributed by atoms with Gasteiger partial charge >= 0.3 is 6.18 Å². The van der Waals surface area contributed by atoms with Gasteiger partial charge in [-0.25, -0.2) is 4.98 Å². The topological polar surface area (TPSA) is 71.6 Å². The number of likely N-dealkylation sites (tertiary alicyclic amines) is 1. The van der Waals surface area contributed by atoms with Crippen molar-refractivity contribution in [2.24, 2.45) is 0 Å². The Hall–Kier alpha value is -2.65. The van der Waals surface area contributed by atoms with E-state index in [0.717, 1.165) is 31.0 Å². The first-order valence-corrected chi connectivity index (χ1v) is 10.7. The number of methoxy groups -OCH3 is 1. The number of benzene rings is 1. The second-order valence-electron chi connectivity index (χ2n) is 8.14.